The fourth-order valence-electron chi connectivity index (χ4n) is 7.21. The van der Waals surface area contributed by atoms with Gasteiger partial charge in [-0.1, -0.05) is 37.8 Å². The standard InChI is InChI=1S/C29H39N3O5/c33-23-17-32(25-24(34)18-37-26(23)25)28(36)29(13-2-1-3-14-29)30-27(35)21-9-7-19(8-10-21)20-11-15-31(16-12-20)22-5-4-6-22/h7-10,20,22-23,25-26,33H,1-6,11-18H2,(H,30,35)/t23-,25+,26+/m0/s1. The van der Waals surface area contributed by atoms with Gasteiger partial charge in [0.1, 0.15) is 30.4 Å². The van der Waals surface area contributed by atoms with Gasteiger partial charge in [0.25, 0.3) is 5.91 Å². The Morgan fingerprint density at radius 3 is 2.32 bits per heavy atom. The number of ether oxygens (including phenoxy) is 1. The predicted molar refractivity (Wildman–Crippen MR) is 137 cm³/mol. The maximum absolute atomic E-state index is 13.9. The Morgan fingerprint density at radius 2 is 1.68 bits per heavy atom. The second kappa shape index (κ2) is 10.1. The zero-order chi connectivity index (χ0) is 25.6. The summed E-state index contributed by atoms with van der Waals surface area (Å²) in [5.41, 5.74) is 0.776. The number of amides is 2. The SMILES string of the molecule is O=C(NC1(C(=O)N2C[C@H](O)[C@H]3OCC(=O)[C@H]32)CCCCC1)c1ccc(C2CCN(C3CCC3)CC2)cc1. The maximum atomic E-state index is 13.9. The highest BCUT2D eigenvalue weighted by atomic mass is 16.5. The smallest absolute Gasteiger partial charge is 0.252 e. The van der Waals surface area contributed by atoms with E-state index < -0.39 is 23.8 Å². The van der Waals surface area contributed by atoms with Crippen LogP contribution in [0.3, 0.4) is 0 Å². The van der Waals surface area contributed by atoms with Gasteiger partial charge in [0, 0.05) is 11.6 Å². The number of rotatable bonds is 5. The minimum Gasteiger partial charge on any atom is -0.388 e. The number of aliphatic hydroxyl groups excluding tert-OH is 1. The molecular formula is C29H39N3O5. The van der Waals surface area contributed by atoms with E-state index in [9.17, 15) is 19.5 Å². The largest absolute Gasteiger partial charge is 0.388 e. The van der Waals surface area contributed by atoms with E-state index in [-0.39, 0.29) is 30.7 Å². The minimum absolute atomic E-state index is 0.0613. The van der Waals surface area contributed by atoms with Gasteiger partial charge in [-0.15, -0.1) is 0 Å². The van der Waals surface area contributed by atoms with Gasteiger partial charge in [0.15, 0.2) is 5.78 Å². The molecule has 8 nitrogen and oxygen atoms in total. The van der Waals surface area contributed by atoms with Crippen LogP contribution in [0.5, 0.6) is 0 Å². The van der Waals surface area contributed by atoms with Gasteiger partial charge in [-0.2, -0.15) is 0 Å². The number of ketones is 1. The Hall–Kier alpha value is -2.29. The van der Waals surface area contributed by atoms with Crippen LogP contribution in [0, 0.1) is 0 Å². The van der Waals surface area contributed by atoms with Crippen molar-refractivity contribution >= 4 is 17.6 Å². The molecule has 1 aromatic rings. The van der Waals surface area contributed by atoms with Gasteiger partial charge in [-0.3, -0.25) is 14.4 Å². The van der Waals surface area contributed by atoms with E-state index in [0.29, 0.717) is 24.3 Å². The van der Waals surface area contributed by atoms with E-state index in [0.717, 1.165) is 51.2 Å². The summed E-state index contributed by atoms with van der Waals surface area (Å²) in [5, 5.41) is 13.5. The van der Waals surface area contributed by atoms with Crippen LogP contribution in [0.25, 0.3) is 0 Å². The molecule has 3 heterocycles. The number of hydrogen-bond donors (Lipinski definition) is 2. The van der Waals surface area contributed by atoms with Crippen LogP contribution in [0.4, 0.5) is 0 Å². The Labute approximate surface area is 218 Å². The molecule has 0 unspecified atom stereocenters. The van der Waals surface area contributed by atoms with Gasteiger partial charge < -0.3 is 25.0 Å². The van der Waals surface area contributed by atoms with Crippen LogP contribution < -0.4 is 5.32 Å². The van der Waals surface area contributed by atoms with Crippen LogP contribution in [0.1, 0.15) is 86.0 Å². The summed E-state index contributed by atoms with van der Waals surface area (Å²) in [6.07, 6.45) is 8.58. The van der Waals surface area contributed by atoms with E-state index in [1.165, 1.54) is 29.7 Å². The lowest BCUT2D eigenvalue weighted by Crippen LogP contribution is -2.62. The number of β-amino-alcohol motifs (C(OH)–C–C–N with tert-alkyl or cyclic N) is 1. The number of nitrogens with one attached hydrogen (secondary N) is 1. The average molecular weight is 510 g/mol. The summed E-state index contributed by atoms with van der Waals surface area (Å²) in [6.45, 7) is 2.29. The summed E-state index contributed by atoms with van der Waals surface area (Å²) in [4.78, 5) is 43.9. The van der Waals surface area contributed by atoms with Crippen molar-refractivity contribution in [2.75, 3.05) is 26.2 Å². The molecule has 0 aromatic heterocycles. The molecule has 0 radical (unpaired) electrons. The maximum Gasteiger partial charge on any atom is 0.252 e. The van der Waals surface area contributed by atoms with Crippen molar-refractivity contribution in [1.82, 2.24) is 15.1 Å². The molecular weight excluding hydrogens is 470 g/mol. The first-order chi connectivity index (χ1) is 17.9. The van der Waals surface area contributed by atoms with Crippen molar-refractivity contribution in [2.24, 2.45) is 0 Å². The van der Waals surface area contributed by atoms with E-state index >= 15 is 0 Å². The molecule has 6 rings (SSSR count). The van der Waals surface area contributed by atoms with Crippen LogP contribution >= 0.6 is 0 Å². The lowest BCUT2D eigenvalue weighted by molar-refractivity contribution is -0.143. The van der Waals surface area contributed by atoms with Gasteiger partial charge in [0.05, 0.1) is 6.54 Å². The average Bonchev–Trinajstić information content (AvgIpc) is 3.44. The van der Waals surface area contributed by atoms with Gasteiger partial charge in [-0.05, 0) is 75.2 Å². The van der Waals surface area contributed by atoms with Crippen molar-refractivity contribution in [3.05, 3.63) is 35.4 Å². The monoisotopic (exact) mass is 509 g/mol. The van der Waals surface area contributed by atoms with Gasteiger partial charge in [0.2, 0.25) is 5.91 Å². The second-order valence-electron chi connectivity index (χ2n) is 11.8. The van der Waals surface area contributed by atoms with E-state index in [1.54, 1.807) is 0 Å². The molecule has 3 saturated heterocycles. The molecule has 2 amide bonds. The van der Waals surface area contributed by atoms with Crippen molar-refractivity contribution in [3.8, 4) is 0 Å². The summed E-state index contributed by atoms with van der Waals surface area (Å²) in [7, 11) is 0. The first kappa shape index (κ1) is 25.0. The number of benzene rings is 1. The molecule has 2 aliphatic carbocycles. The fraction of sp³-hybridized carbons (Fsp3) is 0.690. The Balaban J connectivity index is 1.13. The third kappa shape index (κ3) is 4.61. The Morgan fingerprint density at radius 1 is 0.973 bits per heavy atom. The zero-order valence-corrected chi connectivity index (χ0v) is 21.6. The highest BCUT2D eigenvalue weighted by Gasteiger charge is 2.55. The molecule has 1 aromatic carbocycles. The molecule has 5 aliphatic rings. The molecule has 0 bridgehead atoms. The number of fused-ring (bicyclic) bond motifs is 1. The normalized spacial score (nSPS) is 30.7. The third-order valence-corrected chi connectivity index (χ3v) is 9.65. The van der Waals surface area contributed by atoms with E-state index in [1.807, 2.05) is 12.1 Å². The third-order valence-electron chi connectivity index (χ3n) is 9.65. The molecule has 3 atom stereocenters. The van der Waals surface area contributed by atoms with Crippen LogP contribution in [0.15, 0.2) is 24.3 Å². The highest BCUT2D eigenvalue weighted by Crippen LogP contribution is 2.36. The molecule has 2 saturated carbocycles. The second-order valence-corrected chi connectivity index (χ2v) is 11.8. The first-order valence-corrected chi connectivity index (χ1v) is 14.3. The van der Waals surface area contributed by atoms with Gasteiger partial charge in [-0.25, -0.2) is 0 Å². The zero-order valence-electron chi connectivity index (χ0n) is 21.6. The molecule has 3 aliphatic heterocycles. The summed E-state index contributed by atoms with van der Waals surface area (Å²) in [5.74, 6) is -0.172. The number of carbonyl (C=O) groups is 3. The van der Waals surface area contributed by atoms with Crippen molar-refractivity contribution < 1.29 is 24.2 Å². The van der Waals surface area contributed by atoms with Crippen LogP contribution in [-0.4, -0.2) is 88.6 Å². The summed E-state index contributed by atoms with van der Waals surface area (Å²) >= 11 is 0. The molecule has 2 N–H and O–H groups in total. The molecule has 5 fully saturated rings. The predicted octanol–water partition coefficient (Wildman–Crippen LogP) is 2.39. The number of hydrogen-bond acceptors (Lipinski definition) is 6. The van der Waals surface area contributed by atoms with Crippen molar-refractivity contribution in [3.63, 3.8) is 0 Å². The number of aliphatic hydroxyl groups is 1. The number of likely N-dealkylation sites (tertiary alicyclic amines) is 2. The number of piperidine rings is 1. The van der Waals surface area contributed by atoms with Gasteiger partial charge >= 0.3 is 0 Å². The minimum atomic E-state index is -1.06. The summed E-state index contributed by atoms with van der Waals surface area (Å²) < 4.78 is 5.46. The number of carbonyl (C=O) groups excluding carboxylic acids is 3. The molecule has 37 heavy (non-hydrogen) atoms. The quantitative estimate of drug-likeness (QED) is 0.633. The van der Waals surface area contributed by atoms with Crippen LogP contribution in [-0.2, 0) is 14.3 Å². The topological polar surface area (TPSA) is 99.2 Å². The van der Waals surface area contributed by atoms with Crippen molar-refractivity contribution in [2.45, 2.75) is 100.0 Å². The molecule has 200 valence electrons. The van der Waals surface area contributed by atoms with Crippen LogP contribution in [0.2, 0.25) is 0 Å². The number of Topliss-reactive ketones (excluding diaryl/α,β-unsaturated/α-hetero) is 1. The fourth-order valence-corrected chi connectivity index (χ4v) is 7.21. The molecule has 8 heteroatoms. The highest BCUT2D eigenvalue weighted by molar-refractivity contribution is 6.01. The Kier molecular flexibility index (Phi) is 6.84. The lowest BCUT2D eigenvalue weighted by Gasteiger charge is -2.42. The molecule has 0 spiro atoms. The van der Waals surface area contributed by atoms with E-state index in [2.05, 4.69) is 22.3 Å². The first-order valence-electron chi connectivity index (χ1n) is 14.3. The summed E-state index contributed by atoms with van der Waals surface area (Å²) in [6, 6.07) is 7.96. The van der Waals surface area contributed by atoms with E-state index in [4.69, 9.17) is 4.74 Å². The van der Waals surface area contributed by atoms with Crippen molar-refractivity contribution in [1.29, 1.82) is 0 Å². The number of nitrogens with zero attached hydrogens (tertiary/aromatic N) is 2. The Bertz CT molecular complexity index is 1020. The lowest BCUT2D eigenvalue weighted by atomic mass is 9.80.